The Balaban J connectivity index is -0.000000720. The van der Waals surface area contributed by atoms with Crippen molar-refractivity contribution in [2.75, 3.05) is 20.2 Å². The molecule has 0 fully saturated rings. The van der Waals surface area contributed by atoms with Gasteiger partial charge in [0.05, 0.1) is 6.10 Å². The lowest BCUT2D eigenvalue weighted by Crippen LogP contribution is -2.33. The molecule has 2 N–H and O–H groups in total. The van der Waals surface area contributed by atoms with E-state index >= 15 is 0 Å². The maximum atomic E-state index is 10.7. The van der Waals surface area contributed by atoms with Crippen molar-refractivity contribution in [3.63, 3.8) is 0 Å². The molecular weight excluding hydrogens is 168 g/mol. The number of rotatable bonds is 6. The number of urea groups is 1. The SMILES string of the molecule is CCC(C)OCCCNC(=O)NC.[HH].[HH]. The van der Waals surface area contributed by atoms with Crippen LogP contribution in [-0.2, 0) is 4.74 Å². The highest BCUT2D eigenvalue weighted by Gasteiger charge is 1.98. The van der Waals surface area contributed by atoms with Crippen LogP contribution in [0, 0.1) is 0 Å². The van der Waals surface area contributed by atoms with Crippen LogP contribution in [0.1, 0.15) is 29.5 Å². The molecule has 0 spiro atoms. The molecule has 0 rings (SSSR count). The van der Waals surface area contributed by atoms with E-state index in [1.165, 1.54) is 0 Å². The summed E-state index contributed by atoms with van der Waals surface area (Å²) in [5.41, 5.74) is 0. The third-order valence-corrected chi connectivity index (χ3v) is 1.81. The first-order chi connectivity index (χ1) is 6.20. The van der Waals surface area contributed by atoms with Gasteiger partial charge in [0.1, 0.15) is 0 Å². The van der Waals surface area contributed by atoms with Gasteiger partial charge in [0, 0.05) is 23.1 Å². The van der Waals surface area contributed by atoms with Gasteiger partial charge in [-0.2, -0.15) is 0 Å². The van der Waals surface area contributed by atoms with E-state index in [2.05, 4.69) is 17.6 Å². The monoisotopic (exact) mass is 192 g/mol. The molecule has 0 saturated carbocycles. The van der Waals surface area contributed by atoms with Crippen molar-refractivity contribution in [1.29, 1.82) is 0 Å². The lowest BCUT2D eigenvalue weighted by Gasteiger charge is -2.10. The van der Waals surface area contributed by atoms with Crippen LogP contribution in [0.15, 0.2) is 0 Å². The fourth-order valence-corrected chi connectivity index (χ4v) is 0.765. The van der Waals surface area contributed by atoms with Gasteiger partial charge in [0.2, 0.25) is 0 Å². The Kier molecular flexibility index (Phi) is 7.39. The summed E-state index contributed by atoms with van der Waals surface area (Å²) < 4.78 is 5.43. The number of nitrogens with one attached hydrogen (secondary N) is 2. The number of amides is 2. The van der Waals surface area contributed by atoms with Crippen LogP contribution in [0.25, 0.3) is 0 Å². The molecule has 2 amide bonds. The van der Waals surface area contributed by atoms with Crippen LogP contribution >= 0.6 is 0 Å². The molecular formula is C9H24N2O2. The molecule has 0 aliphatic rings. The summed E-state index contributed by atoms with van der Waals surface area (Å²) >= 11 is 0. The maximum Gasteiger partial charge on any atom is 0.314 e. The van der Waals surface area contributed by atoms with E-state index < -0.39 is 0 Å². The fourth-order valence-electron chi connectivity index (χ4n) is 0.765. The number of ether oxygens (including phenoxy) is 1. The van der Waals surface area contributed by atoms with Gasteiger partial charge in [-0.1, -0.05) is 6.92 Å². The lowest BCUT2D eigenvalue weighted by molar-refractivity contribution is 0.0624. The van der Waals surface area contributed by atoms with Crippen LogP contribution in [0.3, 0.4) is 0 Å². The third-order valence-electron chi connectivity index (χ3n) is 1.81. The van der Waals surface area contributed by atoms with E-state index in [-0.39, 0.29) is 8.88 Å². The lowest BCUT2D eigenvalue weighted by atomic mass is 10.3. The molecule has 4 heteroatoms. The highest BCUT2D eigenvalue weighted by Crippen LogP contribution is 1.95. The molecule has 0 bridgehead atoms. The van der Waals surface area contributed by atoms with E-state index in [4.69, 9.17) is 4.74 Å². The average Bonchev–Trinajstić information content (AvgIpc) is 2.16. The molecule has 0 aromatic rings. The molecule has 1 unspecified atom stereocenters. The van der Waals surface area contributed by atoms with Gasteiger partial charge in [-0.15, -0.1) is 0 Å². The first-order valence-corrected chi connectivity index (χ1v) is 4.77. The van der Waals surface area contributed by atoms with Gasteiger partial charge in [-0.3, -0.25) is 0 Å². The second kappa shape index (κ2) is 7.86. The van der Waals surface area contributed by atoms with Crippen LogP contribution in [0.2, 0.25) is 0 Å². The minimum Gasteiger partial charge on any atom is -0.378 e. The summed E-state index contributed by atoms with van der Waals surface area (Å²) in [7, 11) is 1.60. The molecule has 0 aliphatic heterocycles. The third kappa shape index (κ3) is 7.59. The summed E-state index contributed by atoms with van der Waals surface area (Å²) in [6, 6.07) is -0.136. The van der Waals surface area contributed by atoms with Crippen LogP contribution in [0.5, 0.6) is 0 Å². The van der Waals surface area contributed by atoms with Gasteiger partial charge >= 0.3 is 6.03 Å². The Hall–Kier alpha value is -0.770. The zero-order valence-electron chi connectivity index (χ0n) is 8.72. The first kappa shape index (κ1) is 12.2. The van der Waals surface area contributed by atoms with Gasteiger partial charge in [-0.05, 0) is 19.8 Å². The Morgan fingerprint density at radius 3 is 2.85 bits per heavy atom. The largest absolute Gasteiger partial charge is 0.378 e. The molecule has 4 nitrogen and oxygen atoms in total. The van der Waals surface area contributed by atoms with Crippen molar-refractivity contribution < 1.29 is 12.4 Å². The zero-order valence-corrected chi connectivity index (χ0v) is 8.72. The molecule has 0 saturated heterocycles. The Morgan fingerprint density at radius 1 is 1.62 bits per heavy atom. The molecule has 0 aromatic heterocycles. The van der Waals surface area contributed by atoms with Gasteiger partial charge < -0.3 is 15.4 Å². The van der Waals surface area contributed by atoms with Crippen LogP contribution in [-0.4, -0.2) is 32.3 Å². The molecule has 0 heterocycles. The van der Waals surface area contributed by atoms with Crippen molar-refractivity contribution in [1.82, 2.24) is 10.6 Å². The predicted octanol–water partition coefficient (Wildman–Crippen LogP) is 1.61. The van der Waals surface area contributed by atoms with Crippen molar-refractivity contribution in [2.24, 2.45) is 0 Å². The normalized spacial score (nSPS) is 12.2. The van der Waals surface area contributed by atoms with Gasteiger partial charge in [-0.25, -0.2) is 4.79 Å². The highest BCUT2D eigenvalue weighted by atomic mass is 16.5. The summed E-state index contributed by atoms with van der Waals surface area (Å²) in [5, 5.41) is 5.18. The Morgan fingerprint density at radius 2 is 2.31 bits per heavy atom. The zero-order chi connectivity index (χ0) is 10.1. The van der Waals surface area contributed by atoms with E-state index in [1.54, 1.807) is 7.05 Å². The number of hydrogen-bond donors (Lipinski definition) is 2. The number of carbonyl (C=O) groups excluding carboxylic acids is 1. The summed E-state index contributed by atoms with van der Waals surface area (Å²) in [6.07, 6.45) is 2.21. The fraction of sp³-hybridized carbons (Fsp3) is 0.889. The van der Waals surface area contributed by atoms with Crippen LogP contribution in [0.4, 0.5) is 4.79 Å². The number of hydrogen-bond acceptors (Lipinski definition) is 2. The van der Waals surface area contributed by atoms with Gasteiger partial charge in [0.25, 0.3) is 0 Å². The van der Waals surface area contributed by atoms with E-state index in [0.29, 0.717) is 19.3 Å². The molecule has 82 valence electrons. The average molecular weight is 192 g/mol. The minimum atomic E-state index is -0.136. The molecule has 13 heavy (non-hydrogen) atoms. The van der Waals surface area contributed by atoms with E-state index in [0.717, 1.165) is 12.8 Å². The minimum absolute atomic E-state index is 0. The van der Waals surface area contributed by atoms with E-state index in [1.807, 2.05) is 6.92 Å². The van der Waals surface area contributed by atoms with E-state index in [9.17, 15) is 4.79 Å². The molecule has 1 atom stereocenters. The smallest absolute Gasteiger partial charge is 0.314 e. The molecule has 0 aromatic carbocycles. The van der Waals surface area contributed by atoms with Crippen LogP contribution < -0.4 is 10.6 Å². The summed E-state index contributed by atoms with van der Waals surface area (Å²) in [5.74, 6) is 0. The maximum absolute atomic E-state index is 10.7. The molecule has 0 aliphatic carbocycles. The summed E-state index contributed by atoms with van der Waals surface area (Å²) in [6.45, 7) is 5.51. The highest BCUT2D eigenvalue weighted by molar-refractivity contribution is 5.73. The quantitative estimate of drug-likeness (QED) is 0.628. The second-order valence-corrected chi connectivity index (χ2v) is 2.95. The second-order valence-electron chi connectivity index (χ2n) is 2.95. The van der Waals surface area contributed by atoms with Crippen molar-refractivity contribution in [3.05, 3.63) is 0 Å². The number of carbonyl (C=O) groups is 1. The standard InChI is InChI=1S/C9H20N2O2.2H2/c1-4-8(2)13-7-5-6-11-9(12)10-3;;/h8H,4-7H2,1-3H3,(H2,10,11,12);2*1H. The molecule has 0 radical (unpaired) electrons. The summed E-state index contributed by atoms with van der Waals surface area (Å²) in [4.78, 5) is 10.7. The predicted molar refractivity (Wildman–Crippen MR) is 57.0 cm³/mol. The Labute approximate surface area is 83.0 Å². The first-order valence-electron chi connectivity index (χ1n) is 4.77. The van der Waals surface area contributed by atoms with Gasteiger partial charge in [0.15, 0.2) is 0 Å². The van der Waals surface area contributed by atoms with Crippen molar-refractivity contribution >= 4 is 6.03 Å². The topological polar surface area (TPSA) is 50.4 Å². The Bertz CT molecular complexity index is 148. The van der Waals surface area contributed by atoms with Crippen molar-refractivity contribution in [3.8, 4) is 0 Å². The van der Waals surface area contributed by atoms with Crippen molar-refractivity contribution in [2.45, 2.75) is 32.8 Å².